The number of nitrogens with one attached hydrogen (secondary N) is 1. The number of rotatable bonds is 0. The van der Waals surface area contributed by atoms with Crippen LogP contribution in [-0.4, -0.2) is 18.6 Å². The maximum Gasteiger partial charge on any atom is 0.250 e. The molecule has 2 aliphatic rings. The van der Waals surface area contributed by atoms with Gasteiger partial charge in [-0.15, -0.1) is 0 Å². The van der Waals surface area contributed by atoms with E-state index in [2.05, 4.69) is 5.32 Å². The van der Waals surface area contributed by atoms with Gasteiger partial charge in [0.05, 0.1) is 5.70 Å². The molecule has 1 saturated heterocycles. The van der Waals surface area contributed by atoms with Crippen LogP contribution in [0.1, 0.15) is 0 Å². The predicted octanol–water partition coefficient (Wildman–Crippen LogP) is 0.511. The minimum Gasteiger partial charge on any atom is -0.358 e. The molecule has 1 unspecified atom stereocenters. The fourth-order valence-corrected chi connectivity index (χ4v) is 1.21. The summed E-state index contributed by atoms with van der Waals surface area (Å²) in [5, 5.41) is 2.75. The highest BCUT2D eigenvalue weighted by atomic mass is 16.5. The van der Waals surface area contributed by atoms with E-state index in [0.29, 0.717) is 0 Å². The van der Waals surface area contributed by atoms with Crippen molar-refractivity contribution in [2.45, 2.75) is 6.10 Å². The maximum absolute atomic E-state index is 10.9. The molecule has 1 aliphatic heterocycles. The number of ether oxygens (including phenoxy) is 1. The highest BCUT2D eigenvalue weighted by molar-refractivity contribution is 5.80. The fraction of sp³-hybridized carbons (Fsp3) is 0.222. The van der Waals surface area contributed by atoms with Gasteiger partial charge < -0.3 is 10.1 Å². The van der Waals surface area contributed by atoms with Crippen LogP contribution in [0.15, 0.2) is 36.1 Å². The lowest BCUT2D eigenvalue weighted by Crippen LogP contribution is -2.39. The van der Waals surface area contributed by atoms with Crippen LogP contribution >= 0.6 is 0 Å². The summed E-state index contributed by atoms with van der Waals surface area (Å²) in [5.74, 6) is -0.0822. The topological polar surface area (TPSA) is 38.3 Å². The van der Waals surface area contributed by atoms with Crippen LogP contribution in [0, 0.1) is 0 Å². The van der Waals surface area contributed by atoms with Crippen molar-refractivity contribution in [2.24, 2.45) is 0 Å². The van der Waals surface area contributed by atoms with Crippen LogP contribution in [0.3, 0.4) is 0 Å². The lowest BCUT2D eigenvalue weighted by molar-refractivity contribution is -0.128. The fourth-order valence-electron chi connectivity index (χ4n) is 1.21. The van der Waals surface area contributed by atoms with Gasteiger partial charge in [0, 0.05) is 0 Å². The third-order valence-electron chi connectivity index (χ3n) is 1.77. The lowest BCUT2D eigenvalue weighted by atomic mass is 10.2. The molecule has 0 aromatic heterocycles. The highest BCUT2D eigenvalue weighted by Gasteiger charge is 2.21. The predicted molar refractivity (Wildman–Crippen MR) is 44.2 cm³/mol. The van der Waals surface area contributed by atoms with Crippen molar-refractivity contribution >= 4 is 5.91 Å². The Morgan fingerprint density at radius 3 is 3.25 bits per heavy atom. The second-order valence-electron chi connectivity index (χ2n) is 2.67. The van der Waals surface area contributed by atoms with E-state index in [1.54, 1.807) is 0 Å². The Bertz CT molecular complexity index is 289. The second kappa shape index (κ2) is 2.95. The standard InChI is InChI=1S/C9H9NO2/c11-9-6-12-8-5-3-1-2-4-7(8)10-9/h1-5,8H,6H2,(H,10,11). The number of allylic oxidation sites excluding steroid dienone is 4. The highest BCUT2D eigenvalue weighted by Crippen LogP contribution is 2.12. The SMILES string of the molecule is O=C1COC2C=CC=CC=C2N1. The molecule has 1 fully saturated rings. The monoisotopic (exact) mass is 163 g/mol. The van der Waals surface area contributed by atoms with Gasteiger partial charge in [-0.1, -0.05) is 18.2 Å². The van der Waals surface area contributed by atoms with Gasteiger partial charge in [-0.3, -0.25) is 4.79 Å². The van der Waals surface area contributed by atoms with Gasteiger partial charge in [0.25, 0.3) is 0 Å². The van der Waals surface area contributed by atoms with E-state index in [-0.39, 0.29) is 18.6 Å². The first-order valence-electron chi connectivity index (χ1n) is 3.83. The molecule has 0 aromatic rings. The molecule has 0 aromatic carbocycles. The molecule has 3 nitrogen and oxygen atoms in total. The van der Waals surface area contributed by atoms with Crippen LogP contribution in [0.4, 0.5) is 0 Å². The molecule has 1 N–H and O–H groups in total. The van der Waals surface area contributed by atoms with Crippen molar-refractivity contribution in [2.75, 3.05) is 6.61 Å². The van der Waals surface area contributed by atoms with Crippen molar-refractivity contribution in [3.8, 4) is 0 Å². The molecule has 0 spiro atoms. The molecule has 12 heavy (non-hydrogen) atoms. The average molecular weight is 163 g/mol. The number of carbonyl (C=O) groups excluding carboxylic acids is 1. The van der Waals surface area contributed by atoms with E-state index in [9.17, 15) is 4.79 Å². The van der Waals surface area contributed by atoms with Crippen molar-refractivity contribution in [1.29, 1.82) is 0 Å². The minimum atomic E-state index is -0.0855. The van der Waals surface area contributed by atoms with Crippen LogP contribution in [0.25, 0.3) is 0 Å². The summed E-state index contributed by atoms with van der Waals surface area (Å²) in [4.78, 5) is 10.9. The van der Waals surface area contributed by atoms with E-state index in [4.69, 9.17) is 4.74 Å². The number of fused-ring (bicyclic) bond motifs is 1. The summed E-state index contributed by atoms with van der Waals surface area (Å²) in [6.07, 6.45) is 9.36. The van der Waals surface area contributed by atoms with E-state index in [0.717, 1.165) is 5.70 Å². The van der Waals surface area contributed by atoms with E-state index in [1.165, 1.54) is 0 Å². The van der Waals surface area contributed by atoms with Crippen molar-refractivity contribution in [3.05, 3.63) is 36.1 Å². The summed E-state index contributed by atoms with van der Waals surface area (Å²) < 4.78 is 5.27. The van der Waals surface area contributed by atoms with Crippen LogP contribution in [0.5, 0.6) is 0 Å². The Balaban J connectivity index is 2.24. The molecule has 0 radical (unpaired) electrons. The second-order valence-corrected chi connectivity index (χ2v) is 2.67. The molecule has 0 saturated carbocycles. The summed E-state index contributed by atoms with van der Waals surface area (Å²) in [5.41, 5.74) is 0.816. The molecular weight excluding hydrogens is 154 g/mol. The number of morpholine rings is 1. The zero-order valence-corrected chi connectivity index (χ0v) is 6.49. The minimum absolute atomic E-state index is 0.0822. The van der Waals surface area contributed by atoms with Crippen molar-refractivity contribution in [3.63, 3.8) is 0 Å². The molecular formula is C9H9NO2. The van der Waals surface area contributed by atoms with Gasteiger partial charge >= 0.3 is 0 Å². The molecule has 1 aliphatic carbocycles. The Hall–Kier alpha value is -1.35. The first-order valence-corrected chi connectivity index (χ1v) is 3.83. The number of hydrogen-bond acceptors (Lipinski definition) is 2. The van der Waals surface area contributed by atoms with E-state index >= 15 is 0 Å². The molecule has 1 atom stereocenters. The number of amides is 1. The normalized spacial score (nSPS) is 27.2. The largest absolute Gasteiger partial charge is 0.358 e. The van der Waals surface area contributed by atoms with E-state index in [1.807, 2.05) is 30.4 Å². The summed E-state index contributed by atoms with van der Waals surface area (Å²) in [7, 11) is 0. The third kappa shape index (κ3) is 1.31. The lowest BCUT2D eigenvalue weighted by Gasteiger charge is -2.22. The van der Waals surface area contributed by atoms with Gasteiger partial charge in [0.1, 0.15) is 12.7 Å². The molecule has 1 amide bonds. The van der Waals surface area contributed by atoms with Gasteiger partial charge in [-0.25, -0.2) is 0 Å². The molecule has 62 valence electrons. The molecule has 0 bridgehead atoms. The van der Waals surface area contributed by atoms with Crippen molar-refractivity contribution in [1.82, 2.24) is 5.32 Å². The van der Waals surface area contributed by atoms with Gasteiger partial charge in [-0.2, -0.15) is 0 Å². The zero-order valence-electron chi connectivity index (χ0n) is 6.49. The van der Waals surface area contributed by atoms with Gasteiger partial charge in [0.15, 0.2) is 0 Å². The molecule has 2 rings (SSSR count). The number of carbonyl (C=O) groups is 1. The quantitative estimate of drug-likeness (QED) is 0.565. The Kier molecular flexibility index (Phi) is 1.80. The number of hydrogen-bond donors (Lipinski definition) is 1. The summed E-state index contributed by atoms with van der Waals surface area (Å²) in [6, 6.07) is 0. The summed E-state index contributed by atoms with van der Waals surface area (Å²) in [6.45, 7) is 0.145. The van der Waals surface area contributed by atoms with Crippen molar-refractivity contribution < 1.29 is 9.53 Å². The maximum atomic E-state index is 10.9. The average Bonchev–Trinajstić information content (AvgIpc) is 2.28. The van der Waals surface area contributed by atoms with Crippen LogP contribution < -0.4 is 5.32 Å². The Labute approximate surface area is 70.4 Å². The first-order chi connectivity index (χ1) is 5.86. The van der Waals surface area contributed by atoms with Gasteiger partial charge in [-0.05, 0) is 12.2 Å². The van der Waals surface area contributed by atoms with E-state index < -0.39 is 0 Å². The molecule has 1 heterocycles. The smallest absolute Gasteiger partial charge is 0.250 e. The third-order valence-corrected chi connectivity index (χ3v) is 1.77. The summed E-state index contributed by atoms with van der Waals surface area (Å²) >= 11 is 0. The van der Waals surface area contributed by atoms with Gasteiger partial charge in [0.2, 0.25) is 5.91 Å². The van der Waals surface area contributed by atoms with Crippen LogP contribution in [-0.2, 0) is 9.53 Å². The Morgan fingerprint density at radius 1 is 1.42 bits per heavy atom. The van der Waals surface area contributed by atoms with Crippen LogP contribution in [0.2, 0.25) is 0 Å². The first kappa shape index (κ1) is 7.31. The molecule has 3 heteroatoms. The Morgan fingerprint density at radius 2 is 2.33 bits per heavy atom. The zero-order chi connectivity index (χ0) is 8.39.